The fourth-order valence-corrected chi connectivity index (χ4v) is 3.45. The third kappa shape index (κ3) is 3.09. The molecule has 128 valence electrons. The SMILES string of the molecule is CN1CC(c2nc3ccccc3n2CCOc2ccccc2)CC1=O. The van der Waals surface area contributed by atoms with E-state index in [1.807, 2.05) is 55.6 Å². The molecule has 1 atom stereocenters. The van der Waals surface area contributed by atoms with Gasteiger partial charge in [0.2, 0.25) is 5.91 Å². The summed E-state index contributed by atoms with van der Waals surface area (Å²) >= 11 is 0. The summed E-state index contributed by atoms with van der Waals surface area (Å²) in [6.45, 7) is 1.99. The van der Waals surface area contributed by atoms with E-state index in [1.165, 1.54) is 0 Å². The molecule has 3 aromatic rings. The average Bonchev–Trinajstić information content (AvgIpc) is 3.16. The minimum absolute atomic E-state index is 0.140. The van der Waals surface area contributed by atoms with E-state index in [0.29, 0.717) is 19.6 Å². The first kappa shape index (κ1) is 15.7. The highest BCUT2D eigenvalue weighted by Gasteiger charge is 2.31. The largest absolute Gasteiger partial charge is 0.492 e. The highest BCUT2D eigenvalue weighted by Crippen LogP contribution is 2.29. The lowest BCUT2D eigenvalue weighted by atomic mass is 10.1. The van der Waals surface area contributed by atoms with Crippen molar-refractivity contribution in [2.75, 3.05) is 20.2 Å². The highest BCUT2D eigenvalue weighted by molar-refractivity contribution is 5.80. The van der Waals surface area contributed by atoms with Crippen LogP contribution >= 0.6 is 0 Å². The van der Waals surface area contributed by atoms with Gasteiger partial charge in [-0.25, -0.2) is 4.98 Å². The number of aromatic nitrogens is 2. The molecule has 0 saturated carbocycles. The Labute approximate surface area is 146 Å². The number of carbonyl (C=O) groups excluding carboxylic acids is 1. The van der Waals surface area contributed by atoms with Gasteiger partial charge in [-0.15, -0.1) is 0 Å². The maximum absolute atomic E-state index is 11.9. The topological polar surface area (TPSA) is 47.4 Å². The summed E-state index contributed by atoms with van der Waals surface area (Å²) < 4.78 is 8.07. The molecule has 1 saturated heterocycles. The lowest BCUT2D eigenvalue weighted by Gasteiger charge is -2.14. The van der Waals surface area contributed by atoms with Crippen LogP contribution in [0.15, 0.2) is 54.6 Å². The number of amides is 1. The van der Waals surface area contributed by atoms with E-state index in [2.05, 4.69) is 10.6 Å². The van der Waals surface area contributed by atoms with Gasteiger partial charge < -0.3 is 14.2 Å². The lowest BCUT2D eigenvalue weighted by Crippen LogP contribution is -2.19. The van der Waals surface area contributed by atoms with Crippen molar-refractivity contribution >= 4 is 16.9 Å². The Morgan fingerprint density at radius 3 is 2.64 bits per heavy atom. The van der Waals surface area contributed by atoms with Crippen LogP contribution in [0.1, 0.15) is 18.2 Å². The third-order valence-corrected chi connectivity index (χ3v) is 4.72. The van der Waals surface area contributed by atoms with Crippen LogP contribution in [0.5, 0.6) is 5.75 Å². The number of hydrogen-bond acceptors (Lipinski definition) is 3. The molecule has 1 aliphatic rings. The number of ether oxygens (including phenoxy) is 1. The van der Waals surface area contributed by atoms with Crippen LogP contribution in [0.4, 0.5) is 0 Å². The summed E-state index contributed by atoms with van der Waals surface area (Å²) in [7, 11) is 1.86. The van der Waals surface area contributed by atoms with Crippen LogP contribution in [0.3, 0.4) is 0 Å². The summed E-state index contributed by atoms with van der Waals surface area (Å²) in [5.74, 6) is 2.17. The maximum Gasteiger partial charge on any atom is 0.223 e. The van der Waals surface area contributed by atoms with Crippen LogP contribution in [-0.4, -0.2) is 40.6 Å². The smallest absolute Gasteiger partial charge is 0.223 e. The van der Waals surface area contributed by atoms with E-state index in [0.717, 1.165) is 29.2 Å². The first-order chi connectivity index (χ1) is 12.2. The Morgan fingerprint density at radius 1 is 1.12 bits per heavy atom. The second kappa shape index (κ2) is 6.59. The van der Waals surface area contributed by atoms with E-state index >= 15 is 0 Å². The molecule has 2 aromatic carbocycles. The third-order valence-electron chi connectivity index (χ3n) is 4.72. The van der Waals surface area contributed by atoms with Crippen molar-refractivity contribution < 1.29 is 9.53 Å². The van der Waals surface area contributed by atoms with Gasteiger partial charge in [-0.1, -0.05) is 30.3 Å². The van der Waals surface area contributed by atoms with E-state index < -0.39 is 0 Å². The number of hydrogen-bond donors (Lipinski definition) is 0. The van der Waals surface area contributed by atoms with E-state index in [9.17, 15) is 4.79 Å². The van der Waals surface area contributed by atoms with Crippen LogP contribution in [-0.2, 0) is 11.3 Å². The van der Waals surface area contributed by atoms with E-state index in [1.54, 1.807) is 4.90 Å². The summed E-state index contributed by atoms with van der Waals surface area (Å²) in [5, 5.41) is 0. The predicted molar refractivity (Wildman–Crippen MR) is 96.7 cm³/mol. The van der Waals surface area contributed by atoms with Crippen LogP contribution in [0.2, 0.25) is 0 Å². The molecule has 0 radical (unpaired) electrons. The van der Waals surface area contributed by atoms with Crippen molar-refractivity contribution in [1.29, 1.82) is 0 Å². The Balaban J connectivity index is 1.60. The number of nitrogens with zero attached hydrogens (tertiary/aromatic N) is 3. The van der Waals surface area contributed by atoms with Gasteiger partial charge in [0.25, 0.3) is 0 Å². The number of likely N-dealkylation sites (N-methyl/N-ethyl adjacent to an activating group) is 1. The Morgan fingerprint density at radius 2 is 1.88 bits per heavy atom. The number of benzene rings is 2. The number of fused-ring (bicyclic) bond motifs is 1. The zero-order valence-electron chi connectivity index (χ0n) is 14.3. The molecule has 1 aromatic heterocycles. The maximum atomic E-state index is 11.9. The van der Waals surface area contributed by atoms with E-state index in [-0.39, 0.29) is 11.8 Å². The fourth-order valence-electron chi connectivity index (χ4n) is 3.45. The van der Waals surface area contributed by atoms with Crippen molar-refractivity contribution in [2.45, 2.75) is 18.9 Å². The van der Waals surface area contributed by atoms with Crippen molar-refractivity contribution in [2.24, 2.45) is 0 Å². The second-order valence-corrected chi connectivity index (χ2v) is 6.45. The Kier molecular flexibility index (Phi) is 4.14. The van der Waals surface area contributed by atoms with Gasteiger partial charge in [0.15, 0.2) is 0 Å². The number of para-hydroxylation sites is 3. The standard InChI is InChI=1S/C20H21N3O2/c1-22-14-15(13-19(22)24)20-21-17-9-5-6-10-18(17)23(20)11-12-25-16-7-3-2-4-8-16/h2-10,15H,11-14H2,1H3. The van der Waals surface area contributed by atoms with Crippen LogP contribution in [0.25, 0.3) is 11.0 Å². The monoisotopic (exact) mass is 335 g/mol. The molecule has 1 amide bonds. The minimum Gasteiger partial charge on any atom is -0.492 e. The molecule has 1 aliphatic heterocycles. The van der Waals surface area contributed by atoms with Crippen molar-refractivity contribution in [1.82, 2.24) is 14.5 Å². The Hall–Kier alpha value is -2.82. The molecule has 0 N–H and O–H groups in total. The van der Waals surface area contributed by atoms with Gasteiger partial charge in [0, 0.05) is 25.9 Å². The van der Waals surface area contributed by atoms with Crippen molar-refractivity contribution in [3.05, 3.63) is 60.4 Å². The number of imidazole rings is 1. The van der Waals surface area contributed by atoms with Gasteiger partial charge in [-0.3, -0.25) is 4.79 Å². The molecular weight excluding hydrogens is 314 g/mol. The molecule has 1 unspecified atom stereocenters. The zero-order valence-corrected chi connectivity index (χ0v) is 14.3. The summed E-state index contributed by atoms with van der Waals surface area (Å²) in [5.41, 5.74) is 2.07. The van der Waals surface area contributed by atoms with Gasteiger partial charge in [0.05, 0.1) is 17.6 Å². The highest BCUT2D eigenvalue weighted by atomic mass is 16.5. The summed E-state index contributed by atoms with van der Waals surface area (Å²) in [6, 6.07) is 17.9. The molecule has 0 aliphatic carbocycles. The first-order valence-corrected chi connectivity index (χ1v) is 8.59. The number of carbonyl (C=O) groups is 1. The Bertz CT molecular complexity index is 888. The van der Waals surface area contributed by atoms with Crippen molar-refractivity contribution in [3.8, 4) is 5.75 Å². The second-order valence-electron chi connectivity index (χ2n) is 6.45. The van der Waals surface area contributed by atoms with Crippen molar-refractivity contribution in [3.63, 3.8) is 0 Å². The first-order valence-electron chi connectivity index (χ1n) is 8.59. The van der Waals surface area contributed by atoms with Gasteiger partial charge in [-0.2, -0.15) is 0 Å². The number of rotatable bonds is 5. The lowest BCUT2D eigenvalue weighted by molar-refractivity contribution is -0.126. The zero-order chi connectivity index (χ0) is 17.2. The quantitative estimate of drug-likeness (QED) is 0.720. The molecule has 5 nitrogen and oxygen atoms in total. The van der Waals surface area contributed by atoms with Crippen LogP contribution < -0.4 is 4.74 Å². The minimum atomic E-state index is 0.140. The molecular formula is C20H21N3O2. The molecule has 25 heavy (non-hydrogen) atoms. The molecule has 4 rings (SSSR count). The van der Waals surface area contributed by atoms with Gasteiger partial charge in [-0.05, 0) is 24.3 Å². The normalized spacial score (nSPS) is 17.4. The molecule has 1 fully saturated rings. The number of likely N-dealkylation sites (tertiary alicyclic amines) is 1. The molecule has 0 spiro atoms. The average molecular weight is 335 g/mol. The molecule has 2 heterocycles. The predicted octanol–water partition coefficient (Wildman–Crippen LogP) is 3.06. The van der Waals surface area contributed by atoms with Gasteiger partial charge >= 0.3 is 0 Å². The van der Waals surface area contributed by atoms with E-state index in [4.69, 9.17) is 9.72 Å². The van der Waals surface area contributed by atoms with Crippen LogP contribution in [0, 0.1) is 0 Å². The summed E-state index contributed by atoms with van der Waals surface area (Å²) in [6.07, 6.45) is 0.527. The fraction of sp³-hybridized carbons (Fsp3) is 0.300. The molecule has 0 bridgehead atoms. The molecule has 5 heteroatoms. The summed E-state index contributed by atoms with van der Waals surface area (Å²) in [4.78, 5) is 18.6. The van der Waals surface area contributed by atoms with Gasteiger partial charge in [0.1, 0.15) is 18.2 Å².